The maximum atomic E-state index is 14.2. The lowest BCUT2D eigenvalue weighted by atomic mass is 10.0. The molecular formula is C34H35N3O8S2. The number of aryl methyl sites for hydroxylation is 1. The van der Waals surface area contributed by atoms with Gasteiger partial charge >= 0.3 is 6.16 Å². The van der Waals surface area contributed by atoms with Crippen molar-refractivity contribution in [1.29, 1.82) is 0 Å². The van der Waals surface area contributed by atoms with Crippen LogP contribution in [0.2, 0.25) is 0 Å². The highest BCUT2D eigenvalue weighted by Gasteiger charge is 2.34. The van der Waals surface area contributed by atoms with E-state index in [4.69, 9.17) is 23.7 Å². The number of hydrogen-bond acceptors (Lipinski definition) is 12. The summed E-state index contributed by atoms with van der Waals surface area (Å²) >= 11 is 0. The molecule has 0 bridgehead atoms. The van der Waals surface area contributed by atoms with Crippen molar-refractivity contribution in [1.82, 2.24) is 14.5 Å². The SMILES string of the molecule is COc1cc2c3c(n(CCCN4CCOCC4)c(=O)c2cc1OC)-c1cc(C)c(OC(=O)OCCSSc2ccccn2)cc1C3=O. The number of ketones is 1. The van der Waals surface area contributed by atoms with Crippen LogP contribution >= 0.6 is 21.6 Å². The second kappa shape index (κ2) is 14.8. The summed E-state index contributed by atoms with van der Waals surface area (Å²) in [6, 6.07) is 12.3. The van der Waals surface area contributed by atoms with Gasteiger partial charge in [-0.05, 0) is 66.1 Å². The number of nitrogens with zero attached hydrogens (tertiary/aromatic N) is 3. The molecule has 246 valence electrons. The number of rotatable bonds is 12. The molecule has 2 aliphatic rings. The fourth-order valence-corrected chi connectivity index (χ4v) is 7.57. The number of carbonyl (C=O) groups excluding carboxylic acids is 2. The molecule has 4 aromatic rings. The number of aromatic nitrogens is 2. The molecule has 0 amide bonds. The summed E-state index contributed by atoms with van der Waals surface area (Å²) in [4.78, 5) is 47.4. The van der Waals surface area contributed by atoms with Crippen molar-refractivity contribution >= 4 is 44.3 Å². The van der Waals surface area contributed by atoms with Crippen LogP contribution in [0.4, 0.5) is 4.79 Å². The molecule has 0 unspecified atom stereocenters. The van der Waals surface area contributed by atoms with E-state index < -0.39 is 6.16 Å². The van der Waals surface area contributed by atoms with Crippen LogP contribution in [-0.2, 0) is 16.0 Å². The van der Waals surface area contributed by atoms with Crippen molar-refractivity contribution in [2.45, 2.75) is 24.9 Å². The first-order valence-corrected chi connectivity index (χ1v) is 17.6. The van der Waals surface area contributed by atoms with Crippen molar-refractivity contribution in [3.8, 4) is 28.5 Å². The lowest BCUT2D eigenvalue weighted by Gasteiger charge is -2.26. The summed E-state index contributed by atoms with van der Waals surface area (Å²) in [5.41, 5.74) is 2.33. The first-order chi connectivity index (χ1) is 22.9. The third-order valence-corrected chi connectivity index (χ3v) is 10.4. The number of fused-ring (bicyclic) bond motifs is 5. The molecule has 11 nitrogen and oxygen atoms in total. The van der Waals surface area contributed by atoms with Crippen LogP contribution in [0, 0.1) is 6.92 Å². The maximum absolute atomic E-state index is 14.2. The van der Waals surface area contributed by atoms with Crippen LogP contribution in [-0.4, -0.2) is 85.8 Å². The monoisotopic (exact) mass is 677 g/mol. The average molecular weight is 678 g/mol. The van der Waals surface area contributed by atoms with Crippen LogP contribution in [0.1, 0.15) is 27.9 Å². The largest absolute Gasteiger partial charge is 0.513 e. The topological polar surface area (TPSA) is 118 Å². The van der Waals surface area contributed by atoms with E-state index in [0.717, 1.165) is 24.7 Å². The Balaban J connectivity index is 1.27. The molecule has 1 aliphatic carbocycles. The summed E-state index contributed by atoms with van der Waals surface area (Å²) in [6.07, 6.45) is 1.57. The molecule has 13 heteroatoms. The van der Waals surface area contributed by atoms with Crippen LogP contribution in [0.5, 0.6) is 17.2 Å². The van der Waals surface area contributed by atoms with Crippen molar-refractivity contribution in [2.75, 3.05) is 59.4 Å². The molecule has 1 fully saturated rings. The van der Waals surface area contributed by atoms with Gasteiger partial charge < -0.3 is 28.3 Å². The van der Waals surface area contributed by atoms with E-state index in [0.29, 0.717) is 82.2 Å². The van der Waals surface area contributed by atoms with Crippen molar-refractivity contribution in [2.24, 2.45) is 0 Å². The highest BCUT2D eigenvalue weighted by molar-refractivity contribution is 8.76. The predicted octanol–water partition coefficient (Wildman–Crippen LogP) is 5.61. The van der Waals surface area contributed by atoms with Crippen LogP contribution in [0.25, 0.3) is 22.0 Å². The zero-order valence-electron chi connectivity index (χ0n) is 26.4. The molecule has 1 aliphatic heterocycles. The summed E-state index contributed by atoms with van der Waals surface area (Å²) in [7, 11) is 6.03. The van der Waals surface area contributed by atoms with E-state index in [2.05, 4.69) is 9.88 Å². The van der Waals surface area contributed by atoms with Gasteiger partial charge in [-0.2, -0.15) is 0 Å². The fourth-order valence-electron chi connectivity index (χ4n) is 5.87. The highest BCUT2D eigenvalue weighted by Crippen LogP contribution is 2.44. The standard InChI is InChI=1S/C34H35N3O8S2/c1-21-17-23-24(19-26(21)45-34(40)44-15-16-46-47-29-7-4-5-8-35-29)32(38)30-22-18-27(41-2)28(42-3)20-25(22)33(39)37(31(23)30)10-6-9-36-11-13-43-14-12-36/h4-5,7-8,17-20H,6,9-16H2,1-3H3. The molecule has 6 rings (SSSR count). The minimum absolute atomic E-state index is 0.145. The molecule has 0 N–H and O–H groups in total. The van der Waals surface area contributed by atoms with Gasteiger partial charge in [0.25, 0.3) is 5.56 Å². The van der Waals surface area contributed by atoms with Gasteiger partial charge in [-0.25, -0.2) is 9.78 Å². The normalized spacial score (nSPS) is 14.1. The number of ether oxygens (including phenoxy) is 5. The van der Waals surface area contributed by atoms with Crippen molar-refractivity contribution in [3.05, 3.63) is 75.7 Å². The Kier molecular flexibility index (Phi) is 10.4. The quantitative estimate of drug-likeness (QED) is 0.0707. The second-order valence-electron chi connectivity index (χ2n) is 11.0. The molecule has 0 atom stereocenters. The van der Waals surface area contributed by atoms with E-state index in [9.17, 15) is 14.4 Å². The molecule has 0 saturated carbocycles. The average Bonchev–Trinajstić information content (AvgIpc) is 3.37. The van der Waals surface area contributed by atoms with Gasteiger partial charge in [-0.3, -0.25) is 14.5 Å². The zero-order chi connectivity index (χ0) is 32.9. The minimum Gasteiger partial charge on any atom is -0.493 e. The number of carbonyl (C=O) groups is 2. The molecule has 3 heterocycles. The van der Waals surface area contributed by atoms with Gasteiger partial charge in [0.1, 0.15) is 17.4 Å². The number of benzene rings is 2. The Morgan fingerprint density at radius 3 is 2.45 bits per heavy atom. The Labute approximate surface area is 279 Å². The van der Waals surface area contributed by atoms with Crippen molar-refractivity contribution in [3.63, 3.8) is 0 Å². The number of morpholine rings is 1. The first-order valence-electron chi connectivity index (χ1n) is 15.3. The predicted molar refractivity (Wildman–Crippen MR) is 181 cm³/mol. The van der Waals surface area contributed by atoms with Gasteiger partial charge in [-0.15, -0.1) is 0 Å². The van der Waals surface area contributed by atoms with Gasteiger partial charge in [-0.1, -0.05) is 16.9 Å². The Bertz CT molecular complexity index is 1860. The zero-order valence-corrected chi connectivity index (χ0v) is 28.0. The van der Waals surface area contributed by atoms with Gasteiger partial charge in [0.05, 0.1) is 44.1 Å². The Morgan fingerprint density at radius 1 is 0.957 bits per heavy atom. The fraction of sp³-hybridized carbons (Fsp3) is 0.353. The minimum atomic E-state index is -0.859. The molecule has 2 aromatic carbocycles. The number of pyridine rings is 2. The molecule has 0 radical (unpaired) electrons. The van der Waals surface area contributed by atoms with Gasteiger partial charge in [0, 0.05) is 54.6 Å². The summed E-state index contributed by atoms with van der Waals surface area (Å²) in [6.45, 7) is 6.21. The van der Waals surface area contributed by atoms with E-state index in [1.165, 1.54) is 35.8 Å². The number of methoxy groups -OCH3 is 2. The van der Waals surface area contributed by atoms with E-state index in [1.54, 1.807) is 42.0 Å². The van der Waals surface area contributed by atoms with Gasteiger partial charge in [0.15, 0.2) is 17.3 Å². The lowest BCUT2D eigenvalue weighted by molar-refractivity contribution is 0.0369. The van der Waals surface area contributed by atoms with E-state index in [-0.39, 0.29) is 23.7 Å². The number of hydrogen-bond donors (Lipinski definition) is 0. The summed E-state index contributed by atoms with van der Waals surface area (Å²) in [5.74, 6) is 1.30. The third kappa shape index (κ3) is 6.98. The third-order valence-electron chi connectivity index (χ3n) is 8.14. The van der Waals surface area contributed by atoms with Gasteiger partial charge in [0.2, 0.25) is 0 Å². The molecule has 0 spiro atoms. The molecule has 2 aromatic heterocycles. The molecule has 1 saturated heterocycles. The van der Waals surface area contributed by atoms with Crippen molar-refractivity contribution < 1.29 is 33.3 Å². The highest BCUT2D eigenvalue weighted by atomic mass is 33.1. The lowest BCUT2D eigenvalue weighted by Crippen LogP contribution is -2.37. The maximum Gasteiger partial charge on any atom is 0.513 e. The first kappa shape index (κ1) is 32.9. The Hall–Kier alpha value is -4.04. The summed E-state index contributed by atoms with van der Waals surface area (Å²) in [5, 5.41) is 1.71. The second-order valence-corrected chi connectivity index (χ2v) is 13.4. The van der Waals surface area contributed by atoms with E-state index in [1.807, 2.05) is 18.2 Å². The Morgan fingerprint density at radius 2 is 1.72 bits per heavy atom. The summed E-state index contributed by atoms with van der Waals surface area (Å²) < 4.78 is 29.1. The van der Waals surface area contributed by atoms with Crippen LogP contribution in [0.15, 0.2) is 58.5 Å². The van der Waals surface area contributed by atoms with E-state index >= 15 is 0 Å². The van der Waals surface area contributed by atoms with Crippen LogP contribution in [0.3, 0.4) is 0 Å². The molecule has 47 heavy (non-hydrogen) atoms. The van der Waals surface area contributed by atoms with Crippen LogP contribution < -0.4 is 19.8 Å². The smallest absolute Gasteiger partial charge is 0.493 e. The molecular weight excluding hydrogens is 643 g/mol.